The van der Waals surface area contributed by atoms with Crippen LogP contribution in [0, 0.1) is 0 Å². The normalized spacial score (nSPS) is 14.4. The van der Waals surface area contributed by atoms with E-state index in [0.717, 1.165) is 0 Å². The van der Waals surface area contributed by atoms with E-state index in [1.54, 1.807) is 0 Å². The highest BCUT2D eigenvalue weighted by Gasteiger charge is 2.30. The minimum Gasteiger partial charge on any atom is -0.481 e. The zero-order valence-electron chi connectivity index (χ0n) is 18.6. The summed E-state index contributed by atoms with van der Waals surface area (Å²) in [5.74, 6) is -4.36. The van der Waals surface area contributed by atoms with Crippen molar-refractivity contribution in [2.24, 2.45) is 11.5 Å². The summed E-state index contributed by atoms with van der Waals surface area (Å²) in [5, 5.41) is 34.3. The fraction of sp³-hybridized carbons (Fsp3) is 0.737. The molecule has 14 heteroatoms. The molecule has 0 saturated heterocycles. The molecule has 0 aromatic heterocycles. The predicted molar refractivity (Wildman–Crippen MR) is 121 cm³/mol. The first-order valence-electron chi connectivity index (χ1n) is 10.5. The number of thioether (sulfide) groups is 1. The van der Waals surface area contributed by atoms with E-state index in [-0.39, 0.29) is 12.8 Å². The van der Waals surface area contributed by atoms with Gasteiger partial charge < -0.3 is 42.7 Å². The number of carboxylic acid groups (broad SMARTS) is 2. The lowest BCUT2D eigenvalue weighted by molar-refractivity contribution is -0.143. The third-order valence-corrected chi connectivity index (χ3v) is 5.27. The second-order valence-electron chi connectivity index (χ2n) is 7.31. The average molecular weight is 494 g/mol. The number of carboxylic acids is 2. The highest BCUT2D eigenvalue weighted by atomic mass is 32.2. The maximum Gasteiger partial charge on any atom is 0.326 e. The van der Waals surface area contributed by atoms with E-state index in [2.05, 4.69) is 16.0 Å². The second-order valence-corrected chi connectivity index (χ2v) is 8.29. The van der Waals surface area contributed by atoms with E-state index in [1.165, 1.54) is 11.8 Å². The number of carbonyl (C=O) groups is 5. The Bertz CT molecular complexity index is 666. The number of unbranched alkanes of at least 4 members (excludes halogenated alkanes) is 1. The first-order chi connectivity index (χ1) is 15.6. The number of nitrogens with two attached hydrogens (primary N) is 2. The molecule has 4 unspecified atom stereocenters. The van der Waals surface area contributed by atoms with E-state index >= 15 is 0 Å². The Kier molecular flexibility index (Phi) is 15.9. The van der Waals surface area contributed by atoms with Crippen molar-refractivity contribution < 1.29 is 39.3 Å². The number of carbonyl (C=O) groups excluding carboxylic acids is 3. The SMILES string of the molecule is CSCCC(N)C(=O)NC(CCCCN)C(=O)NC(CO)C(=O)NC(CCC(=O)O)C(=O)O. The van der Waals surface area contributed by atoms with Crippen molar-refractivity contribution in [1.82, 2.24) is 16.0 Å². The van der Waals surface area contributed by atoms with Gasteiger partial charge in [-0.05, 0) is 50.7 Å². The average Bonchev–Trinajstić information content (AvgIpc) is 2.76. The Labute approximate surface area is 196 Å². The van der Waals surface area contributed by atoms with Crippen molar-refractivity contribution in [1.29, 1.82) is 0 Å². The maximum absolute atomic E-state index is 12.7. The van der Waals surface area contributed by atoms with Gasteiger partial charge in [0.15, 0.2) is 0 Å². The number of aliphatic carboxylic acids is 2. The van der Waals surface area contributed by atoms with Gasteiger partial charge >= 0.3 is 11.9 Å². The van der Waals surface area contributed by atoms with Gasteiger partial charge in [0.2, 0.25) is 17.7 Å². The van der Waals surface area contributed by atoms with Gasteiger partial charge in [-0.1, -0.05) is 0 Å². The lowest BCUT2D eigenvalue weighted by Crippen LogP contribution is -2.58. The van der Waals surface area contributed by atoms with Gasteiger partial charge in [-0.15, -0.1) is 0 Å². The maximum atomic E-state index is 12.7. The molecule has 0 aliphatic heterocycles. The van der Waals surface area contributed by atoms with Crippen LogP contribution in [0.2, 0.25) is 0 Å². The molecule has 190 valence electrons. The number of hydrogen-bond acceptors (Lipinski definition) is 9. The van der Waals surface area contributed by atoms with Crippen LogP contribution in [0.25, 0.3) is 0 Å². The van der Waals surface area contributed by atoms with Crippen molar-refractivity contribution in [3.8, 4) is 0 Å². The molecular weight excluding hydrogens is 458 g/mol. The monoisotopic (exact) mass is 493 g/mol. The third-order valence-electron chi connectivity index (χ3n) is 4.63. The minimum absolute atomic E-state index is 0.208. The quantitative estimate of drug-likeness (QED) is 0.0936. The Hall–Kier alpha value is -2.42. The van der Waals surface area contributed by atoms with Gasteiger partial charge in [-0.25, -0.2) is 4.79 Å². The molecule has 0 radical (unpaired) electrons. The van der Waals surface area contributed by atoms with E-state index in [9.17, 15) is 29.1 Å². The zero-order chi connectivity index (χ0) is 25.4. The largest absolute Gasteiger partial charge is 0.481 e. The Morgan fingerprint density at radius 1 is 0.848 bits per heavy atom. The molecule has 0 aliphatic carbocycles. The molecule has 0 aromatic rings. The fourth-order valence-electron chi connectivity index (χ4n) is 2.68. The third kappa shape index (κ3) is 13.0. The van der Waals surface area contributed by atoms with E-state index in [1.807, 2.05) is 6.26 Å². The molecule has 0 bridgehead atoms. The number of nitrogens with one attached hydrogen (secondary N) is 3. The standard InChI is InChI=1S/C19H35N5O8S/c1-33-9-7-11(21)16(28)22-12(4-2-3-8-20)17(29)24-14(10-25)18(30)23-13(19(31)32)5-6-15(26)27/h11-14,25H,2-10,20-21H2,1H3,(H,22,28)(H,23,30)(H,24,29)(H,26,27)(H,31,32). The molecule has 33 heavy (non-hydrogen) atoms. The summed E-state index contributed by atoms with van der Waals surface area (Å²) < 4.78 is 0. The summed E-state index contributed by atoms with van der Waals surface area (Å²) in [5.41, 5.74) is 11.3. The topological polar surface area (TPSA) is 234 Å². The molecule has 0 heterocycles. The highest BCUT2D eigenvalue weighted by molar-refractivity contribution is 7.98. The summed E-state index contributed by atoms with van der Waals surface area (Å²) >= 11 is 1.52. The van der Waals surface area contributed by atoms with Crippen LogP contribution in [0.1, 0.15) is 38.5 Å². The number of rotatable bonds is 18. The van der Waals surface area contributed by atoms with Crippen molar-refractivity contribution in [3.63, 3.8) is 0 Å². The molecule has 10 N–H and O–H groups in total. The predicted octanol–water partition coefficient (Wildman–Crippen LogP) is -2.41. The van der Waals surface area contributed by atoms with Gasteiger partial charge in [0, 0.05) is 6.42 Å². The van der Waals surface area contributed by atoms with Crippen LogP contribution in [0.5, 0.6) is 0 Å². The van der Waals surface area contributed by atoms with Crippen LogP contribution in [0.4, 0.5) is 0 Å². The molecule has 0 fully saturated rings. The second kappa shape index (κ2) is 17.1. The van der Waals surface area contributed by atoms with Crippen LogP contribution in [0.3, 0.4) is 0 Å². The molecule has 4 atom stereocenters. The van der Waals surface area contributed by atoms with Crippen LogP contribution in [0.15, 0.2) is 0 Å². The van der Waals surface area contributed by atoms with Gasteiger partial charge in [0.25, 0.3) is 0 Å². The molecule has 3 amide bonds. The van der Waals surface area contributed by atoms with E-state index < -0.39 is 66.9 Å². The summed E-state index contributed by atoms with van der Waals surface area (Å²) in [4.78, 5) is 59.4. The smallest absolute Gasteiger partial charge is 0.326 e. The molecule has 0 rings (SSSR count). The number of amides is 3. The molecule has 13 nitrogen and oxygen atoms in total. The van der Waals surface area contributed by atoms with Crippen LogP contribution >= 0.6 is 11.8 Å². The first-order valence-corrected chi connectivity index (χ1v) is 11.9. The number of aliphatic hydroxyl groups is 1. The first kappa shape index (κ1) is 30.6. The Balaban J connectivity index is 5.20. The van der Waals surface area contributed by atoms with Gasteiger partial charge in [0.05, 0.1) is 12.6 Å². The zero-order valence-corrected chi connectivity index (χ0v) is 19.4. The lowest BCUT2D eigenvalue weighted by Gasteiger charge is -2.24. The number of hydrogen-bond donors (Lipinski definition) is 8. The number of aliphatic hydroxyl groups excluding tert-OH is 1. The van der Waals surface area contributed by atoms with Gasteiger partial charge in [0.1, 0.15) is 18.1 Å². The summed E-state index contributed by atoms with van der Waals surface area (Å²) in [6, 6.07) is -4.91. The van der Waals surface area contributed by atoms with Crippen LogP contribution in [-0.4, -0.2) is 94.3 Å². The Morgan fingerprint density at radius 2 is 1.42 bits per heavy atom. The molecular formula is C19H35N5O8S. The van der Waals surface area contributed by atoms with Crippen molar-refractivity contribution in [3.05, 3.63) is 0 Å². The summed E-state index contributed by atoms with van der Waals surface area (Å²) in [6.45, 7) is -0.469. The molecule has 0 aliphatic rings. The summed E-state index contributed by atoms with van der Waals surface area (Å²) in [6.07, 6.45) is 2.68. The summed E-state index contributed by atoms with van der Waals surface area (Å²) in [7, 11) is 0. The van der Waals surface area contributed by atoms with Crippen LogP contribution in [-0.2, 0) is 24.0 Å². The molecule has 0 saturated carbocycles. The van der Waals surface area contributed by atoms with Crippen LogP contribution < -0.4 is 27.4 Å². The van der Waals surface area contributed by atoms with Crippen molar-refractivity contribution in [2.45, 2.75) is 62.7 Å². The molecule has 0 aromatic carbocycles. The van der Waals surface area contributed by atoms with Crippen molar-refractivity contribution in [2.75, 3.05) is 25.2 Å². The van der Waals surface area contributed by atoms with Gasteiger partial charge in [-0.2, -0.15) is 11.8 Å². The van der Waals surface area contributed by atoms with E-state index in [0.29, 0.717) is 31.6 Å². The Morgan fingerprint density at radius 3 is 1.94 bits per heavy atom. The fourth-order valence-corrected chi connectivity index (χ4v) is 3.17. The lowest BCUT2D eigenvalue weighted by atomic mass is 10.1. The minimum atomic E-state index is -1.52. The van der Waals surface area contributed by atoms with E-state index in [4.69, 9.17) is 21.7 Å². The highest BCUT2D eigenvalue weighted by Crippen LogP contribution is 2.05. The molecule has 0 spiro atoms. The van der Waals surface area contributed by atoms with Crippen molar-refractivity contribution >= 4 is 41.4 Å². The van der Waals surface area contributed by atoms with Gasteiger partial charge in [-0.3, -0.25) is 19.2 Å².